The molecule has 1 unspecified atom stereocenters. The molecule has 0 saturated carbocycles. The number of carbonyl (C=O) groups is 2. The topological polar surface area (TPSA) is 129 Å². The maximum absolute atomic E-state index is 13.3. The first-order valence-electron chi connectivity index (χ1n) is 9.44. The Labute approximate surface area is 173 Å². The predicted octanol–water partition coefficient (Wildman–Crippen LogP) is 2.19. The molecule has 10 heteroatoms. The highest BCUT2D eigenvalue weighted by molar-refractivity contribution is 7.90. The molecular weight excluding hydrogens is 408 g/mol. The summed E-state index contributed by atoms with van der Waals surface area (Å²) in [5, 5.41) is 12.4. The van der Waals surface area contributed by atoms with Crippen LogP contribution in [0, 0.1) is 11.8 Å². The molecule has 9 nitrogen and oxygen atoms in total. The van der Waals surface area contributed by atoms with Gasteiger partial charge in [-0.2, -0.15) is 8.42 Å². The van der Waals surface area contributed by atoms with Crippen LogP contribution in [0.5, 0.6) is 5.75 Å². The van der Waals surface area contributed by atoms with Crippen LogP contribution in [0.3, 0.4) is 0 Å². The van der Waals surface area contributed by atoms with Crippen molar-refractivity contribution in [3.05, 3.63) is 42.1 Å². The van der Waals surface area contributed by atoms with E-state index in [1.165, 1.54) is 23.2 Å². The number of phenolic OH excluding ortho intramolecular Hbond substituents is 1. The Morgan fingerprint density at radius 1 is 1.23 bits per heavy atom. The molecule has 1 aromatic carbocycles. The van der Waals surface area contributed by atoms with Crippen molar-refractivity contribution < 1.29 is 23.1 Å². The van der Waals surface area contributed by atoms with E-state index in [4.69, 9.17) is 0 Å². The third-order valence-corrected chi connectivity index (χ3v) is 6.34. The number of amides is 1. The molecule has 0 saturated heterocycles. The fourth-order valence-electron chi connectivity index (χ4n) is 3.47. The Hall–Kier alpha value is -3.27. The first-order chi connectivity index (χ1) is 14.2. The van der Waals surface area contributed by atoms with E-state index >= 15 is 0 Å². The Morgan fingerprint density at radius 2 is 2.00 bits per heavy atom. The van der Waals surface area contributed by atoms with Crippen molar-refractivity contribution in [2.45, 2.75) is 25.2 Å². The van der Waals surface area contributed by atoms with Crippen molar-refractivity contribution in [1.29, 1.82) is 0 Å². The molecule has 0 spiro atoms. The zero-order valence-electron chi connectivity index (χ0n) is 16.4. The van der Waals surface area contributed by atoms with Crippen molar-refractivity contribution in [1.82, 2.24) is 4.98 Å². The number of benzene rings is 1. The van der Waals surface area contributed by atoms with Crippen molar-refractivity contribution in [3.63, 3.8) is 0 Å². The van der Waals surface area contributed by atoms with Gasteiger partial charge in [-0.05, 0) is 36.6 Å². The van der Waals surface area contributed by atoms with Crippen LogP contribution in [-0.4, -0.2) is 42.6 Å². The second-order valence-corrected chi connectivity index (χ2v) is 9.17. The van der Waals surface area contributed by atoms with Gasteiger partial charge in [0, 0.05) is 18.8 Å². The highest BCUT2D eigenvalue weighted by atomic mass is 32.2. The Kier molecular flexibility index (Phi) is 4.81. The van der Waals surface area contributed by atoms with E-state index in [-0.39, 0.29) is 33.5 Å². The molecule has 156 valence electrons. The van der Waals surface area contributed by atoms with Gasteiger partial charge in [-0.1, -0.05) is 13.8 Å². The number of sulfonamides is 1. The molecule has 1 atom stereocenters. The molecule has 0 fully saturated rings. The van der Waals surface area contributed by atoms with Crippen LogP contribution in [0.2, 0.25) is 0 Å². The molecule has 2 N–H and O–H groups in total. The van der Waals surface area contributed by atoms with Crippen molar-refractivity contribution in [2.24, 2.45) is 16.2 Å². The molecule has 2 aromatic rings. The number of hydrogen-bond donors (Lipinski definition) is 2. The Morgan fingerprint density at radius 3 is 2.73 bits per heavy atom. The molecule has 2 aliphatic rings. The lowest BCUT2D eigenvalue weighted by Gasteiger charge is -2.33. The number of rotatable bonds is 4. The van der Waals surface area contributed by atoms with Crippen LogP contribution in [0.1, 0.15) is 30.6 Å². The summed E-state index contributed by atoms with van der Waals surface area (Å²) >= 11 is 0. The van der Waals surface area contributed by atoms with E-state index in [1.807, 2.05) is 13.8 Å². The number of nitrogens with one attached hydrogen (secondary N) is 1. The number of anilines is 2. The number of aromatic hydroxyl groups is 1. The van der Waals surface area contributed by atoms with Crippen molar-refractivity contribution >= 4 is 39.1 Å². The highest BCUT2D eigenvalue weighted by Crippen LogP contribution is 2.35. The summed E-state index contributed by atoms with van der Waals surface area (Å²) in [6.07, 6.45) is 2.19. The maximum atomic E-state index is 13.3. The predicted molar refractivity (Wildman–Crippen MR) is 110 cm³/mol. The lowest BCUT2D eigenvalue weighted by molar-refractivity contribution is -0.119. The highest BCUT2D eigenvalue weighted by Gasteiger charge is 2.45. The second kappa shape index (κ2) is 7.21. The largest absolute Gasteiger partial charge is 0.508 e. The smallest absolute Gasteiger partial charge is 0.286 e. The first-order valence-corrected chi connectivity index (χ1v) is 10.9. The van der Waals surface area contributed by atoms with Crippen molar-refractivity contribution in [3.8, 4) is 5.75 Å². The van der Waals surface area contributed by atoms with Gasteiger partial charge in [-0.15, -0.1) is 4.40 Å². The molecule has 0 bridgehead atoms. The number of Topliss-reactive ketones (excluding diaryl/α,β-unsaturated/α-hetero) is 1. The minimum atomic E-state index is -4.20. The summed E-state index contributed by atoms with van der Waals surface area (Å²) in [5.74, 6) is -2.47. The lowest BCUT2D eigenvalue weighted by Crippen LogP contribution is -2.51. The minimum Gasteiger partial charge on any atom is -0.508 e. The number of nitrogens with zero attached hydrogens (tertiary/aromatic N) is 3. The van der Waals surface area contributed by atoms with E-state index < -0.39 is 27.6 Å². The third-order valence-electron chi connectivity index (χ3n) is 5.01. The maximum Gasteiger partial charge on any atom is 0.286 e. The van der Waals surface area contributed by atoms with Crippen LogP contribution in [-0.2, 0) is 14.8 Å². The number of hydrogen-bond acceptors (Lipinski definition) is 7. The Bertz CT molecular complexity index is 1190. The SMILES string of the molecule is CC(C)CCN1C(=O)C(C2=NS(=O)(=O)c3cc(O)ccc3N2)C(=O)c2cccnc21. The van der Waals surface area contributed by atoms with Gasteiger partial charge >= 0.3 is 0 Å². The van der Waals surface area contributed by atoms with E-state index in [2.05, 4.69) is 14.7 Å². The normalized spacial score (nSPS) is 19.8. The number of pyridine rings is 1. The molecule has 4 rings (SSSR count). The summed E-state index contributed by atoms with van der Waals surface area (Å²) in [6.45, 7) is 4.37. The number of amidine groups is 1. The van der Waals surface area contributed by atoms with Gasteiger partial charge in [-0.25, -0.2) is 4.98 Å². The van der Waals surface area contributed by atoms with Gasteiger partial charge in [0.05, 0.1) is 11.3 Å². The molecular formula is C20H20N4O5S. The fraction of sp³-hybridized carbons (Fsp3) is 0.300. The summed E-state index contributed by atoms with van der Waals surface area (Å²) in [7, 11) is -4.20. The standard InChI is InChI=1S/C20H20N4O5S/c1-11(2)7-9-24-19-13(4-3-8-21-19)17(26)16(20(24)27)18-22-14-6-5-12(25)10-15(14)30(28,29)23-18/h3-6,8,10-11,16,25H,7,9H2,1-2H3,(H,22,23). The van der Waals surface area contributed by atoms with E-state index in [1.54, 1.807) is 12.1 Å². The van der Waals surface area contributed by atoms with Crippen LogP contribution >= 0.6 is 0 Å². The number of fused-ring (bicyclic) bond motifs is 2. The average molecular weight is 428 g/mol. The third kappa shape index (κ3) is 3.32. The molecule has 1 amide bonds. The van der Waals surface area contributed by atoms with Crippen LogP contribution in [0.15, 0.2) is 45.8 Å². The van der Waals surface area contributed by atoms with Crippen molar-refractivity contribution in [2.75, 3.05) is 16.8 Å². The monoisotopic (exact) mass is 428 g/mol. The molecule has 2 aliphatic heterocycles. The van der Waals surface area contributed by atoms with Crippen LogP contribution < -0.4 is 10.2 Å². The number of ketones is 1. The molecule has 1 aromatic heterocycles. The van der Waals surface area contributed by atoms with E-state index in [0.29, 0.717) is 18.9 Å². The molecule has 0 radical (unpaired) electrons. The number of aromatic nitrogens is 1. The van der Waals surface area contributed by atoms with E-state index in [9.17, 15) is 23.1 Å². The molecule has 3 heterocycles. The average Bonchev–Trinajstić information content (AvgIpc) is 2.68. The second-order valence-electron chi connectivity index (χ2n) is 7.60. The summed E-state index contributed by atoms with van der Waals surface area (Å²) in [5.41, 5.74) is 0.383. The molecule has 30 heavy (non-hydrogen) atoms. The minimum absolute atomic E-state index is 0.143. The zero-order chi connectivity index (χ0) is 21.6. The van der Waals surface area contributed by atoms with Gasteiger partial charge in [0.1, 0.15) is 22.3 Å². The van der Waals surface area contributed by atoms with Crippen LogP contribution in [0.25, 0.3) is 0 Å². The molecule has 0 aliphatic carbocycles. The van der Waals surface area contributed by atoms with Gasteiger partial charge in [0.2, 0.25) is 5.91 Å². The van der Waals surface area contributed by atoms with Gasteiger partial charge in [0.15, 0.2) is 11.7 Å². The van der Waals surface area contributed by atoms with Crippen LogP contribution in [0.4, 0.5) is 11.5 Å². The van der Waals surface area contributed by atoms with E-state index in [0.717, 1.165) is 6.07 Å². The first kappa shape index (κ1) is 20.0. The zero-order valence-corrected chi connectivity index (χ0v) is 17.2. The van der Waals surface area contributed by atoms with Gasteiger partial charge < -0.3 is 10.4 Å². The van der Waals surface area contributed by atoms with Gasteiger partial charge in [0.25, 0.3) is 10.0 Å². The van der Waals surface area contributed by atoms with Gasteiger partial charge in [-0.3, -0.25) is 14.5 Å². The summed E-state index contributed by atoms with van der Waals surface area (Å²) in [4.78, 5) is 31.9. The fourth-order valence-corrected chi connectivity index (χ4v) is 4.64. The Balaban J connectivity index is 1.79. The number of phenols is 1. The number of carbonyl (C=O) groups excluding carboxylic acids is 2. The quantitative estimate of drug-likeness (QED) is 0.564. The lowest BCUT2D eigenvalue weighted by atomic mass is 9.90. The summed E-state index contributed by atoms with van der Waals surface area (Å²) in [6, 6.07) is 6.89. The summed E-state index contributed by atoms with van der Waals surface area (Å²) < 4.78 is 29.0.